The average molecular weight is 113 g/mol. The highest BCUT2D eigenvalue weighted by molar-refractivity contribution is 5.05. The van der Waals surface area contributed by atoms with Crippen molar-refractivity contribution in [2.75, 3.05) is 6.54 Å². The van der Waals surface area contributed by atoms with E-state index in [-0.39, 0.29) is 0 Å². The maximum atomic E-state index is 8.69. The molecule has 0 aromatic carbocycles. The van der Waals surface area contributed by atoms with E-state index in [0.717, 1.165) is 6.54 Å². The van der Waals surface area contributed by atoms with Gasteiger partial charge in [-0.15, -0.1) is 0 Å². The molecule has 0 radical (unpaired) electrons. The summed E-state index contributed by atoms with van der Waals surface area (Å²) < 4.78 is 0. The third-order valence-corrected chi connectivity index (χ3v) is 1.32. The van der Waals surface area contributed by atoms with Gasteiger partial charge in [0.2, 0.25) is 0 Å². The van der Waals surface area contributed by atoms with Crippen LogP contribution < -0.4 is 0 Å². The fourth-order valence-corrected chi connectivity index (χ4v) is 0.684. The summed E-state index contributed by atoms with van der Waals surface area (Å²) in [5.74, 6) is 0.499. The van der Waals surface area contributed by atoms with Crippen molar-refractivity contribution in [2.24, 2.45) is 0 Å². The van der Waals surface area contributed by atoms with Crippen LogP contribution in [0, 0.1) is 0 Å². The molecule has 2 heteroatoms. The van der Waals surface area contributed by atoms with Gasteiger partial charge in [-0.1, -0.05) is 0 Å². The van der Waals surface area contributed by atoms with Gasteiger partial charge in [-0.05, 0) is 13.8 Å². The first-order valence-electron chi connectivity index (χ1n) is 2.85. The Balaban J connectivity index is 2.36. The van der Waals surface area contributed by atoms with Crippen LogP contribution in [0.15, 0.2) is 12.0 Å². The molecule has 0 saturated carbocycles. The lowest BCUT2D eigenvalue weighted by atomic mass is 10.2. The molecule has 0 bridgehead atoms. The molecule has 1 N–H and O–H groups in total. The lowest BCUT2D eigenvalue weighted by Gasteiger charge is -2.31. The first kappa shape index (κ1) is 5.48. The highest BCUT2D eigenvalue weighted by Crippen LogP contribution is 2.12. The Hall–Kier alpha value is -0.660. The zero-order valence-corrected chi connectivity index (χ0v) is 5.26. The number of hydrogen-bond acceptors (Lipinski definition) is 2. The van der Waals surface area contributed by atoms with E-state index >= 15 is 0 Å². The second-order valence-corrected chi connectivity index (χ2v) is 2.39. The van der Waals surface area contributed by atoms with Crippen LogP contribution in [0.4, 0.5) is 0 Å². The van der Waals surface area contributed by atoms with Crippen LogP contribution in [-0.4, -0.2) is 22.6 Å². The second-order valence-electron chi connectivity index (χ2n) is 2.39. The Bertz CT molecular complexity index is 118. The van der Waals surface area contributed by atoms with E-state index in [1.807, 2.05) is 0 Å². The monoisotopic (exact) mass is 113 g/mol. The smallest absolute Gasteiger partial charge is 0.127 e. The van der Waals surface area contributed by atoms with Crippen molar-refractivity contribution in [3.05, 3.63) is 12.0 Å². The van der Waals surface area contributed by atoms with E-state index in [2.05, 4.69) is 18.7 Å². The van der Waals surface area contributed by atoms with Crippen molar-refractivity contribution in [1.82, 2.24) is 4.90 Å². The fourth-order valence-electron chi connectivity index (χ4n) is 0.684. The van der Waals surface area contributed by atoms with Gasteiger partial charge in [0.25, 0.3) is 0 Å². The van der Waals surface area contributed by atoms with Gasteiger partial charge in [-0.3, -0.25) is 0 Å². The van der Waals surface area contributed by atoms with Crippen molar-refractivity contribution in [3.63, 3.8) is 0 Å². The molecule has 8 heavy (non-hydrogen) atoms. The third-order valence-electron chi connectivity index (χ3n) is 1.32. The van der Waals surface area contributed by atoms with Gasteiger partial charge in [-0.25, -0.2) is 0 Å². The van der Waals surface area contributed by atoms with Gasteiger partial charge in [0, 0.05) is 12.2 Å². The van der Waals surface area contributed by atoms with Crippen molar-refractivity contribution in [2.45, 2.75) is 19.9 Å². The Morgan fingerprint density at radius 3 is 2.38 bits per heavy atom. The number of rotatable bonds is 1. The van der Waals surface area contributed by atoms with Crippen LogP contribution in [0.3, 0.4) is 0 Å². The molecule has 1 rings (SSSR count). The summed E-state index contributed by atoms with van der Waals surface area (Å²) in [4.78, 5) is 2.08. The van der Waals surface area contributed by atoms with Crippen molar-refractivity contribution in [1.29, 1.82) is 0 Å². The number of aliphatic hydroxyl groups is 1. The summed E-state index contributed by atoms with van der Waals surface area (Å²) in [6.45, 7) is 4.93. The summed E-state index contributed by atoms with van der Waals surface area (Å²) in [6.07, 6.45) is 1.77. The summed E-state index contributed by atoms with van der Waals surface area (Å²) in [5.41, 5.74) is 0. The van der Waals surface area contributed by atoms with Crippen molar-refractivity contribution >= 4 is 0 Å². The predicted octanol–water partition coefficient (Wildman–Crippen LogP) is 1.11. The minimum absolute atomic E-state index is 0.499. The zero-order chi connectivity index (χ0) is 6.15. The molecule has 0 spiro atoms. The van der Waals surface area contributed by atoms with E-state index in [9.17, 15) is 0 Å². The SMILES string of the molecule is CC(C)N1C=C(O)C1. The lowest BCUT2D eigenvalue weighted by molar-refractivity contribution is 0.211. The van der Waals surface area contributed by atoms with Crippen LogP contribution in [0.25, 0.3) is 0 Å². The summed E-state index contributed by atoms with van der Waals surface area (Å²) in [6, 6.07) is 0.533. The molecule has 0 fully saturated rings. The molecule has 0 unspecified atom stereocenters. The molecule has 0 amide bonds. The van der Waals surface area contributed by atoms with Gasteiger partial charge < -0.3 is 10.0 Å². The second kappa shape index (κ2) is 1.69. The predicted molar refractivity (Wildman–Crippen MR) is 32.6 cm³/mol. The van der Waals surface area contributed by atoms with Gasteiger partial charge in [0.15, 0.2) is 0 Å². The lowest BCUT2D eigenvalue weighted by Crippen LogP contribution is -2.35. The molecule has 2 nitrogen and oxygen atoms in total. The topological polar surface area (TPSA) is 23.5 Å². The van der Waals surface area contributed by atoms with Crippen LogP contribution >= 0.6 is 0 Å². The summed E-state index contributed by atoms with van der Waals surface area (Å²) >= 11 is 0. The van der Waals surface area contributed by atoms with Gasteiger partial charge >= 0.3 is 0 Å². The molecule has 0 aromatic rings. The van der Waals surface area contributed by atoms with Crippen LogP contribution in [0.2, 0.25) is 0 Å². The van der Waals surface area contributed by atoms with E-state index < -0.39 is 0 Å². The van der Waals surface area contributed by atoms with Crippen LogP contribution in [0.5, 0.6) is 0 Å². The normalized spacial score (nSPS) is 18.4. The Morgan fingerprint density at radius 1 is 1.75 bits per heavy atom. The van der Waals surface area contributed by atoms with Gasteiger partial charge in [0.1, 0.15) is 5.76 Å². The Kier molecular flexibility index (Phi) is 1.16. The highest BCUT2D eigenvalue weighted by Gasteiger charge is 2.15. The largest absolute Gasteiger partial charge is 0.509 e. The molecule has 0 aliphatic carbocycles. The highest BCUT2D eigenvalue weighted by atomic mass is 16.3. The van der Waals surface area contributed by atoms with E-state index in [1.165, 1.54) is 0 Å². The standard InChI is InChI=1S/C6H11NO/c1-5(2)7-3-6(8)4-7/h3,5,8H,4H2,1-2H3. The maximum Gasteiger partial charge on any atom is 0.127 e. The Morgan fingerprint density at radius 2 is 2.25 bits per heavy atom. The zero-order valence-electron chi connectivity index (χ0n) is 5.26. The summed E-state index contributed by atoms with van der Waals surface area (Å²) in [5, 5.41) is 8.69. The van der Waals surface area contributed by atoms with E-state index in [0.29, 0.717) is 11.8 Å². The molecule has 0 atom stereocenters. The molecule has 0 aromatic heterocycles. The first-order valence-corrected chi connectivity index (χ1v) is 2.85. The van der Waals surface area contributed by atoms with Crippen LogP contribution in [0.1, 0.15) is 13.8 Å². The first-order chi connectivity index (χ1) is 3.70. The maximum absolute atomic E-state index is 8.69. The number of hydrogen-bond donors (Lipinski definition) is 1. The quantitative estimate of drug-likeness (QED) is 0.550. The minimum atomic E-state index is 0.499. The molecular formula is C6H11NO. The molecule has 1 aliphatic heterocycles. The van der Waals surface area contributed by atoms with Gasteiger partial charge in [0.05, 0.1) is 6.54 Å². The Labute approximate surface area is 49.4 Å². The van der Waals surface area contributed by atoms with Crippen molar-refractivity contribution in [3.8, 4) is 0 Å². The van der Waals surface area contributed by atoms with E-state index in [1.54, 1.807) is 6.20 Å². The molecule has 1 aliphatic rings. The van der Waals surface area contributed by atoms with E-state index in [4.69, 9.17) is 5.11 Å². The molecule has 1 heterocycles. The fraction of sp³-hybridized carbons (Fsp3) is 0.667. The van der Waals surface area contributed by atoms with Crippen LogP contribution in [-0.2, 0) is 0 Å². The van der Waals surface area contributed by atoms with Gasteiger partial charge in [-0.2, -0.15) is 0 Å². The number of aliphatic hydroxyl groups excluding tert-OH is 1. The molecular weight excluding hydrogens is 102 g/mol. The molecule has 46 valence electrons. The minimum Gasteiger partial charge on any atom is -0.509 e. The number of nitrogens with zero attached hydrogens (tertiary/aromatic N) is 1. The third kappa shape index (κ3) is 0.782. The van der Waals surface area contributed by atoms with Crippen molar-refractivity contribution < 1.29 is 5.11 Å². The summed E-state index contributed by atoms with van der Waals surface area (Å²) in [7, 11) is 0. The average Bonchev–Trinajstić information content (AvgIpc) is 1.57. The molecule has 0 saturated heterocycles.